The number of rotatable bonds is 5. The van der Waals surface area contributed by atoms with E-state index in [4.69, 9.17) is 5.11 Å². The largest absolute Gasteiger partial charge is 0.480 e. The van der Waals surface area contributed by atoms with Crippen molar-refractivity contribution in [2.75, 3.05) is 11.5 Å². The highest BCUT2D eigenvalue weighted by Gasteiger charge is 2.35. The summed E-state index contributed by atoms with van der Waals surface area (Å²) in [5.74, 6) is -2.52. The molecule has 0 aromatic carbocycles. The summed E-state index contributed by atoms with van der Waals surface area (Å²) in [4.78, 5) is 22.9. The van der Waals surface area contributed by atoms with Gasteiger partial charge in [-0.25, -0.2) is 13.2 Å². The Bertz CT molecular complexity index is 431. The number of carboxylic acids is 1. The van der Waals surface area contributed by atoms with E-state index in [1.165, 1.54) is 0 Å². The van der Waals surface area contributed by atoms with Gasteiger partial charge in [-0.05, 0) is 12.3 Å². The molecule has 0 radical (unpaired) electrons. The first-order valence-electron chi connectivity index (χ1n) is 6.00. The van der Waals surface area contributed by atoms with E-state index in [1.807, 2.05) is 6.92 Å². The number of amides is 1. The van der Waals surface area contributed by atoms with Crippen LogP contribution in [0.1, 0.15) is 26.7 Å². The van der Waals surface area contributed by atoms with Crippen molar-refractivity contribution in [1.29, 1.82) is 0 Å². The van der Waals surface area contributed by atoms with Crippen molar-refractivity contribution in [3.8, 4) is 0 Å². The maximum absolute atomic E-state index is 11.8. The van der Waals surface area contributed by atoms with Gasteiger partial charge in [0.15, 0.2) is 9.84 Å². The molecule has 1 saturated heterocycles. The normalized spacial score (nSPS) is 25.3. The summed E-state index contributed by atoms with van der Waals surface area (Å²) in [5.41, 5.74) is 0. The first-order valence-corrected chi connectivity index (χ1v) is 7.82. The highest BCUT2D eigenvalue weighted by atomic mass is 32.2. The van der Waals surface area contributed by atoms with E-state index in [0.29, 0.717) is 6.42 Å². The average Bonchev–Trinajstić information content (AvgIpc) is 2.64. The van der Waals surface area contributed by atoms with E-state index in [9.17, 15) is 18.0 Å². The third-order valence-electron chi connectivity index (χ3n) is 3.38. The molecule has 0 aromatic heterocycles. The lowest BCUT2D eigenvalue weighted by molar-refractivity contribution is -0.143. The fourth-order valence-corrected chi connectivity index (χ4v) is 3.70. The number of carbonyl (C=O) groups excluding carboxylic acids is 1. The smallest absolute Gasteiger partial charge is 0.326 e. The third kappa shape index (κ3) is 3.69. The third-order valence-corrected chi connectivity index (χ3v) is 5.15. The Balaban J connectivity index is 2.65. The molecule has 0 saturated carbocycles. The molecular weight excluding hydrogens is 258 g/mol. The van der Waals surface area contributed by atoms with Gasteiger partial charge in [0.1, 0.15) is 6.04 Å². The Morgan fingerprint density at radius 3 is 2.44 bits per heavy atom. The molecule has 2 unspecified atom stereocenters. The lowest BCUT2D eigenvalue weighted by Crippen LogP contribution is -2.47. The molecule has 1 fully saturated rings. The molecule has 6 nitrogen and oxygen atoms in total. The van der Waals surface area contributed by atoms with Crippen LogP contribution in [0.4, 0.5) is 0 Å². The second-order valence-electron chi connectivity index (χ2n) is 4.81. The number of hydrogen-bond acceptors (Lipinski definition) is 4. The van der Waals surface area contributed by atoms with E-state index in [-0.39, 0.29) is 23.8 Å². The molecule has 1 heterocycles. The number of carboxylic acid groups (broad SMARTS) is 1. The zero-order valence-electron chi connectivity index (χ0n) is 10.5. The summed E-state index contributed by atoms with van der Waals surface area (Å²) in [6.45, 7) is 3.58. The number of sulfone groups is 1. The summed E-state index contributed by atoms with van der Waals surface area (Å²) in [7, 11) is -3.13. The molecule has 0 aromatic rings. The quantitative estimate of drug-likeness (QED) is 0.738. The van der Waals surface area contributed by atoms with Crippen LogP contribution >= 0.6 is 0 Å². The molecule has 3 atom stereocenters. The van der Waals surface area contributed by atoms with Gasteiger partial charge in [0.2, 0.25) is 5.91 Å². The van der Waals surface area contributed by atoms with Crippen LogP contribution in [0.25, 0.3) is 0 Å². The molecule has 1 aliphatic rings. The summed E-state index contributed by atoms with van der Waals surface area (Å²) in [5, 5.41) is 11.5. The molecule has 0 aliphatic carbocycles. The lowest BCUT2D eigenvalue weighted by atomic mass is 9.98. The van der Waals surface area contributed by atoms with E-state index in [0.717, 1.165) is 0 Å². The molecule has 1 aliphatic heterocycles. The zero-order valence-corrected chi connectivity index (χ0v) is 11.4. The molecule has 18 heavy (non-hydrogen) atoms. The standard InChI is InChI=1S/C11H19NO5S/c1-3-7(2)9(11(14)15)12-10(13)8-4-5-18(16,17)6-8/h7-9H,3-6H2,1-2H3,(H,12,13)(H,14,15)/t7?,8?,9-/m0/s1. The molecule has 0 bridgehead atoms. The first-order chi connectivity index (χ1) is 8.26. The molecule has 0 spiro atoms. The van der Waals surface area contributed by atoms with Crippen LogP contribution in [0.15, 0.2) is 0 Å². The van der Waals surface area contributed by atoms with Crippen LogP contribution in [0.5, 0.6) is 0 Å². The molecule has 1 amide bonds. The van der Waals surface area contributed by atoms with E-state index in [2.05, 4.69) is 5.32 Å². The van der Waals surface area contributed by atoms with Crippen molar-refractivity contribution < 1.29 is 23.1 Å². The first kappa shape index (κ1) is 14.9. The van der Waals surface area contributed by atoms with Crippen molar-refractivity contribution in [2.24, 2.45) is 11.8 Å². The Morgan fingerprint density at radius 2 is 2.06 bits per heavy atom. The highest BCUT2D eigenvalue weighted by molar-refractivity contribution is 7.91. The Morgan fingerprint density at radius 1 is 1.44 bits per heavy atom. The van der Waals surface area contributed by atoms with Gasteiger partial charge >= 0.3 is 5.97 Å². The van der Waals surface area contributed by atoms with Crippen molar-refractivity contribution in [2.45, 2.75) is 32.7 Å². The molecule has 1 rings (SSSR count). The summed E-state index contributed by atoms with van der Waals surface area (Å²) in [6, 6.07) is -0.953. The fourth-order valence-electron chi connectivity index (χ4n) is 1.96. The van der Waals surface area contributed by atoms with Gasteiger partial charge < -0.3 is 10.4 Å². The molecular formula is C11H19NO5S. The van der Waals surface area contributed by atoms with Crippen LogP contribution in [-0.2, 0) is 19.4 Å². The van der Waals surface area contributed by atoms with Gasteiger partial charge in [0, 0.05) is 0 Å². The van der Waals surface area contributed by atoms with Crippen LogP contribution in [0.3, 0.4) is 0 Å². The SMILES string of the molecule is CCC(C)[C@H](NC(=O)C1CCS(=O)(=O)C1)C(=O)O. The van der Waals surface area contributed by atoms with Crippen molar-refractivity contribution in [3.63, 3.8) is 0 Å². The summed E-state index contributed by atoms with van der Waals surface area (Å²) in [6.07, 6.45) is 0.904. The number of hydrogen-bond donors (Lipinski definition) is 2. The van der Waals surface area contributed by atoms with Gasteiger partial charge in [-0.2, -0.15) is 0 Å². The Kier molecular flexibility index (Phi) is 4.72. The van der Waals surface area contributed by atoms with Crippen molar-refractivity contribution >= 4 is 21.7 Å². The van der Waals surface area contributed by atoms with E-state index in [1.54, 1.807) is 6.92 Å². The van der Waals surface area contributed by atoms with Crippen LogP contribution in [0.2, 0.25) is 0 Å². The average molecular weight is 277 g/mol. The van der Waals surface area contributed by atoms with Gasteiger partial charge in [-0.3, -0.25) is 4.79 Å². The predicted octanol–water partition coefficient (Wildman–Crippen LogP) is 0.0366. The van der Waals surface area contributed by atoms with E-state index < -0.39 is 33.7 Å². The lowest BCUT2D eigenvalue weighted by Gasteiger charge is -2.21. The monoisotopic (exact) mass is 277 g/mol. The maximum Gasteiger partial charge on any atom is 0.326 e. The zero-order chi connectivity index (χ0) is 13.9. The minimum Gasteiger partial charge on any atom is -0.480 e. The Hall–Kier alpha value is -1.11. The maximum atomic E-state index is 11.8. The van der Waals surface area contributed by atoms with Gasteiger partial charge in [0.25, 0.3) is 0 Å². The van der Waals surface area contributed by atoms with Gasteiger partial charge in [-0.1, -0.05) is 20.3 Å². The number of carbonyl (C=O) groups is 2. The Labute approximate surface area is 107 Å². The summed E-state index contributed by atoms with van der Waals surface area (Å²) < 4.78 is 22.5. The fraction of sp³-hybridized carbons (Fsp3) is 0.818. The minimum absolute atomic E-state index is 0.00611. The van der Waals surface area contributed by atoms with Gasteiger partial charge in [0.05, 0.1) is 17.4 Å². The van der Waals surface area contributed by atoms with Crippen molar-refractivity contribution in [3.05, 3.63) is 0 Å². The van der Waals surface area contributed by atoms with Crippen molar-refractivity contribution in [1.82, 2.24) is 5.32 Å². The molecule has 104 valence electrons. The molecule has 7 heteroatoms. The molecule has 2 N–H and O–H groups in total. The minimum atomic E-state index is -3.13. The van der Waals surface area contributed by atoms with E-state index >= 15 is 0 Å². The highest BCUT2D eigenvalue weighted by Crippen LogP contribution is 2.19. The van der Waals surface area contributed by atoms with Crippen LogP contribution in [0, 0.1) is 11.8 Å². The van der Waals surface area contributed by atoms with Crippen LogP contribution < -0.4 is 5.32 Å². The second kappa shape index (κ2) is 5.69. The topological polar surface area (TPSA) is 101 Å². The predicted molar refractivity (Wildman–Crippen MR) is 65.8 cm³/mol. The van der Waals surface area contributed by atoms with Gasteiger partial charge in [-0.15, -0.1) is 0 Å². The number of nitrogens with one attached hydrogen (secondary N) is 1. The second-order valence-corrected chi connectivity index (χ2v) is 7.04. The summed E-state index contributed by atoms with van der Waals surface area (Å²) >= 11 is 0. The number of aliphatic carboxylic acids is 1. The van der Waals surface area contributed by atoms with Crippen LogP contribution in [-0.4, -0.2) is 42.9 Å².